The minimum absolute atomic E-state index is 0.0441. The number of hydrogen-bond acceptors (Lipinski definition) is 4. The summed E-state index contributed by atoms with van der Waals surface area (Å²) >= 11 is 0. The van der Waals surface area contributed by atoms with Crippen LogP contribution in [0.15, 0.2) is 0 Å². The first-order chi connectivity index (χ1) is 12.0. The van der Waals surface area contributed by atoms with E-state index in [1.54, 1.807) is 20.8 Å². The van der Waals surface area contributed by atoms with Gasteiger partial charge in [-0.2, -0.15) is 0 Å². The number of hydrogen-bond donors (Lipinski definition) is 2. The highest BCUT2D eigenvalue weighted by molar-refractivity contribution is 6.04. The molecule has 1 aromatic rings. The minimum Gasteiger partial charge on any atom is -0.461 e. The molecule has 0 aromatic carbocycles. The van der Waals surface area contributed by atoms with Gasteiger partial charge in [0, 0.05) is 23.3 Å². The molecule has 2 N–H and O–H groups in total. The van der Waals surface area contributed by atoms with Gasteiger partial charge < -0.3 is 19.9 Å². The van der Waals surface area contributed by atoms with Gasteiger partial charge in [0.25, 0.3) is 0 Å². The van der Waals surface area contributed by atoms with Crippen molar-refractivity contribution in [3.63, 3.8) is 0 Å². The molecule has 7 heteroatoms. The van der Waals surface area contributed by atoms with Crippen molar-refractivity contribution in [2.45, 2.75) is 60.4 Å². The number of esters is 1. The molecule has 0 aliphatic carbocycles. The maximum Gasteiger partial charge on any atom is 0.355 e. The fourth-order valence-corrected chi connectivity index (χ4v) is 2.75. The second-order valence-electron chi connectivity index (χ2n) is 7.37. The summed E-state index contributed by atoms with van der Waals surface area (Å²) in [7, 11) is 0. The molecule has 0 saturated carbocycles. The zero-order valence-electron chi connectivity index (χ0n) is 16.9. The molecule has 1 aromatic heterocycles. The van der Waals surface area contributed by atoms with Crippen LogP contribution in [0.25, 0.3) is 0 Å². The number of rotatable bonds is 7. The van der Waals surface area contributed by atoms with Gasteiger partial charge in [-0.1, -0.05) is 6.92 Å². The number of carbonyl (C=O) groups excluding carboxylic acids is 3. The number of aromatic amines is 1. The van der Waals surface area contributed by atoms with E-state index in [1.165, 1.54) is 4.90 Å². The normalized spacial score (nSPS) is 11.2. The molecule has 0 unspecified atom stereocenters. The Labute approximate surface area is 155 Å². The molecule has 1 heterocycles. The third kappa shape index (κ3) is 5.61. The van der Waals surface area contributed by atoms with Gasteiger partial charge >= 0.3 is 12.0 Å². The van der Waals surface area contributed by atoms with Crippen molar-refractivity contribution >= 4 is 17.8 Å². The largest absolute Gasteiger partial charge is 0.461 e. The van der Waals surface area contributed by atoms with Crippen LogP contribution in [0.2, 0.25) is 0 Å². The fourth-order valence-electron chi connectivity index (χ4n) is 2.75. The van der Waals surface area contributed by atoms with Crippen molar-refractivity contribution in [3.8, 4) is 0 Å². The summed E-state index contributed by atoms with van der Waals surface area (Å²) in [5.41, 5.74) is 1.50. The molecule has 7 nitrogen and oxygen atoms in total. The van der Waals surface area contributed by atoms with Crippen LogP contribution in [0.4, 0.5) is 4.79 Å². The Bertz CT molecular complexity index is 671. The highest BCUT2D eigenvalue weighted by Crippen LogP contribution is 2.20. The lowest BCUT2D eigenvalue weighted by molar-refractivity contribution is 0.0519. The van der Waals surface area contributed by atoms with Crippen molar-refractivity contribution in [1.29, 1.82) is 0 Å². The van der Waals surface area contributed by atoms with Gasteiger partial charge in [-0.3, -0.25) is 4.79 Å². The van der Waals surface area contributed by atoms with Gasteiger partial charge in [0.15, 0.2) is 5.78 Å². The standard InChI is InChI=1S/C19H31N3O4/c1-8-10-22(18(25)21-19(5,6)7)11-14(23)15-12(3)16(20-13(15)4)17(24)26-9-2/h20H,8-11H2,1-7H3,(H,21,25). The van der Waals surface area contributed by atoms with Gasteiger partial charge in [0.1, 0.15) is 5.69 Å². The number of ketones is 1. The number of urea groups is 1. The van der Waals surface area contributed by atoms with E-state index in [4.69, 9.17) is 4.74 Å². The third-order valence-corrected chi connectivity index (χ3v) is 3.79. The smallest absolute Gasteiger partial charge is 0.355 e. The molecule has 0 aliphatic rings. The number of carbonyl (C=O) groups is 3. The van der Waals surface area contributed by atoms with E-state index in [1.807, 2.05) is 27.7 Å². The lowest BCUT2D eigenvalue weighted by Crippen LogP contribution is -2.50. The number of nitrogens with one attached hydrogen (secondary N) is 2. The van der Waals surface area contributed by atoms with Gasteiger partial charge in [0.2, 0.25) is 0 Å². The van der Waals surface area contributed by atoms with E-state index < -0.39 is 5.97 Å². The van der Waals surface area contributed by atoms with E-state index in [0.717, 1.165) is 6.42 Å². The average molecular weight is 365 g/mol. The average Bonchev–Trinajstić information content (AvgIpc) is 2.80. The summed E-state index contributed by atoms with van der Waals surface area (Å²) in [5.74, 6) is -0.688. The Morgan fingerprint density at radius 2 is 1.77 bits per heavy atom. The van der Waals surface area contributed by atoms with Crippen LogP contribution < -0.4 is 5.32 Å². The second kappa shape index (κ2) is 8.87. The van der Waals surface area contributed by atoms with Crippen molar-refractivity contribution in [3.05, 3.63) is 22.5 Å². The van der Waals surface area contributed by atoms with Crippen LogP contribution in [0.5, 0.6) is 0 Å². The van der Waals surface area contributed by atoms with Crippen molar-refractivity contribution in [1.82, 2.24) is 15.2 Å². The second-order valence-corrected chi connectivity index (χ2v) is 7.37. The van der Waals surface area contributed by atoms with E-state index >= 15 is 0 Å². The van der Waals surface area contributed by atoms with Crippen molar-refractivity contribution in [2.75, 3.05) is 19.7 Å². The first kappa shape index (κ1) is 21.7. The first-order valence-corrected chi connectivity index (χ1v) is 8.98. The van der Waals surface area contributed by atoms with Crippen molar-refractivity contribution < 1.29 is 19.1 Å². The van der Waals surface area contributed by atoms with E-state index in [0.29, 0.717) is 23.4 Å². The van der Waals surface area contributed by atoms with Crippen LogP contribution in [-0.4, -0.2) is 52.9 Å². The quantitative estimate of drug-likeness (QED) is 0.573. The molecule has 0 radical (unpaired) electrons. The summed E-state index contributed by atoms with van der Waals surface area (Å²) in [4.78, 5) is 41.8. The summed E-state index contributed by atoms with van der Waals surface area (Å²) in [6, 6.07) is -0.274. The molecule has 0 saturated heterocycles. The molecule has 2 amide bonds. The van der Waals surface area contributed by atoms with E-state index in [9.17, 15) is 14.4 Å². The Balaban J connectivity index is 3.03. The molecule has 26 heavy (non-hydrogen) atoms. The predicted octanol–water partition coefficient (Wildman–Crippen LogP) is 3.21. The molecule has 1 rings (SSSR count). The number of H-pyrrole nitrogens is 1. The SMILES string of the molecule is CCCN(CC(=O)c1c(C)[nH]c(C(=O)OCC)c1C)C(=O)NC(C)(C)C. The zero-order valence-corrected chi connectivity index (χ0v) is 16.9. The fraction of sp³-hybridized carbons (Fsp3) is 0.632. The maximum absolute atomic E-state index is 12.8. The monoisotopic (exact) mass is 365 g/mol. The Hall–Kier alpha value is -2.31. The zero-order chi connectivity index (χ0) is 20.1. The molecule has 146 valence electrons. The van der Waals surface area contributed by atoms with Crippen LogP contribution in [0.1, 0.15) is 73.1 Å². The van der Waals surface area contributed by atoms with Crippen LogP contribution in [0.3, 0.4) is 0 Å². The number of aryl methyl sites for hydroxylation is 1. The predicted molar refractivity (Wildman–Crippen MR) is 101 cm³/mol. The van der Waals surface area contributed by atoms with E-state index in [-0.39, 0.29) is 36.2 Å². The van der Waals surface area contributed by atoms with E-state index in [2.05, 4.69) is 10.3 Å². The molecule has 0 bridgehead atoms. The number of Topliss-reactive ketones (excluding diaryl/α,β-unsaturated/α-hetero) is 1. The van der Waals surface area contributed by atoms with Gasteiger partial charge in [-0.25, -0.2) is 9.59 Å². The lowest BCUT2D eigenvalue weighted by Gasteiger charge is -2.28. The third-order valence-electron chi connectivity index (χ3n) is 3.79. The number of amides is 2. The molecule has 0 atom stereocenters. The Morgan fingerprint density at radius 3 is 2.27 bits per heavy atom. The Morgan fingerprint density at radius 1 is 1.15 bits per heavy atom. The maximum atomic E-state index is 12.8. The number of aromatic nitrogens is 1. The molecule has 0 fully saturated rings. The minimum atomic E-state index is -0.483. The summed E-state index contributed by atoms with van der Waals surface area (Å²) in [5, 5.41) is 2.88. The lowest BCUT2D eigenvalue weighted by atomic mass is 10.0. The summed E-state index contributed by atoms with van der Waals surface area (Å²) in [6.45, 7) is 13.5. The van der Waals surface area contributed by atoms with Gasteiger partial charge in [0.05, 0.1) is 13.2 Å². The number of nitrogens with zero attached hydrogens (tertiary/aromatic N) is 1. The van der Waals surface area contributed by atoms with Crippen LogP contribution in [-0.2, 0) is 4.74 Å². The molecular weight excluding hydrogens is 334 g/mol. The van der Waals surface area contributed by atoms with Gasteiger partial charge in [-0.05, 0) is 53.5 Å². The summed E-state index contributed by atoms with van der Waals surface area (Å²) < 4.78 is 5.01. The highest BCUT2D eigenvalue weighted by atomic mass is 16.5. The van der Waals surface area contributed by atoms with Crippen LogP contribution >= 0.6 is 0 Å². The van der Waals surface area contributed by atoms with Gasteiger partial charge in [-0.15, -0.1) is 0 Å². The van der Waals surface area contributed by atoms with Crippen LogP contribution in [0, 0.1) is 13.8 Å². The van der Waals surface area contributed by atoms with Crippen molar-refractivity contribution in [2.24, 2.45) is 0 Å². The topological polar surface area (TPSA) is 91.5 Å². The molecular formula is C19H31N3O4. The molecule has 0 aliphatic heterocycles. The first-order valence-electron chi connectivity index (χ1n) is 8.98. The highest BCUT2D eigenvalue weighted by Gasteiger charge is 2.26. The number of ether oxygens (including phenoxy) is 1. The summed E-state index contributed by atoms with van der Waals surface area (Å²) in [6.07, 6.45) is 0.740. The Kier molecular flexibility index (Phi) is 7.41. The molecule has 0 spiro atoms.